The molecular formula is C13H16N2O3S. The van der Waals surface area contributed by atoms with Crippen molar-refractivity contribution in [1.82, 2.24) is 9.80 Å². The Hall–Kier alpha value is -1.43. The number of carbonyl (C=O) groups excluding carboxylic acids is 2. The highest BCUT2D eigenvalue weighted by molar-refractivity contribution is 8.00. The first-order valence-electron chi connectivity index (χ1n) is 6.41. The second-order valence-corrected chi connectivity index (χ2v) is 5.86. The smallest absolute Gasteiger partial charge is 0.242 e. The molecule has 1 aromatic heterocycles. The largest absolute Gasteiger partial charge is 0.467 e. The average molecular weight is 280 g/mol. The number of nitrogens with zero attached hydrogens (tertiary/aromatic N) is 2. The zero-order valence-electron chi connectivity index (χ0n) is 10.6. The molecule has 0 spiro atoms. The number of carbonyl (C=O) groups is 2. The number of hydrogen-bond donors (Lipinski definition) is 0. The Bertz CT molecular complexity index is 470. The van der Waals surface area contributed by atoms with Gasteiger partial charge in [0.2, 0.25) is 11.8 Å². The van der Waals surface area contributed by atoms with Crippen molar-refractivity contribution < 1.29 is 14.0 Å². The predicted octanol–water partition coefficient (Wildman–Crippen LogP) is 1.30. The second-order valence-electron chi connectivity index (χ2n) is 4.90. The summed E-state index contributed by atoms with van der Waals surface area (Å²) in [5.41, 5.74) is 0. The molecule has 3 rings (SSSR count). The van der Waals surface area contributed by atoms with Gasteiger partial charge in [-0.2, -0.15) is 0 Å². The van der Waals surface area contributed by atoms with Crippen LogP contribution in [0.15, 0.2) is 22.8 Å². The molecule has 102 valence electrons. The van der Waals surface area contributed by atoms with Gasteiger partial charge in [-0.1, -0.05) is 0 Å². The lowest BCUT2D eigenvalue weighted by atomic mass is 10.3. The van der Waals surface area contributed by atoms with Crippen LogP contribution in [0.5, 0.6) is 0 Å². The Morgan fingerprint density at radius 1 is 1.53 bits per heavy atom. The molecule has 5 nitrogen and oxygen atoms in total. The van der Waals surface area contributed by atoms with Crippen LogP contribution in [0.2, 0.25) is 0 Å². The van der Waals surface area contributed by atoms with Crippen molar-refractivity contribution >= 4 is 23.6 Å². The van der Waals surface area contributed by atoms with Gasteiger partial charge in [0.15, 0.2) is 0 Å². The van der Waals surface area contributed by atoms with E-state index in [1.54, 1.807) is 22.9 Å². The Kier molecular flexibility index (Phi) is 3.50. The van der Waals surface area contributed by atoms with Gasteiger partial charge < -0.3 is 14.2 Å². The molecule has 2 fully saturated rings. The predicted molar refractivity (Wildman–Crippen MR) is 71.3 cm³/mol. The van der Waals surface area contributed by atoms with E-state index in [9.17, 15) is 9.59 Å². The summed E-state index contributed by atoms with van der Waals surface area (Å²) in [5, 5.41) is 0. The molecule has 19 heavy (non-hydrogen) atoms. The van der Waals surface area contributed by atoms with Crippen molar-refractivity contribution in [3.63, 3.8) is 0 Å². The van der Waals surface area contributed by atoms with Gasteiger partial charge in [0, 0.05) is 6.04 Å². The first kappa shape index (κ1) is 12.6. The Balaban J connectivity index is 1.63. The lowest BCUT2D eigenvalue weighted by molar-refractivity contribution is -0.139. The van der Waals surface area contributed by atoms with Gasteiger partial charge >= 0.3 is 0 Å². The first-order chi connectivity index (χ1) is 9.24. The van der Waals surface area contributed by atoms with Crippen LogP contribution in [-0.2, 0) is 16.1 Å². The third-order valence-electron chi connectivity index (χ3n) is 3.37. The first-order valence-corrected chi connectivity index (χ1v) is 7.57. The molecule has 1 aliphatic heterocycles. The van der Waals surface area contributed by atoms with E-state index in [4.69, 9.17) is 4.42 Å². The third kappa shape index (κ3) is 2.94. The topological polar surface area (TPSA) is 53.8 Å². The fourth-order valence-electron chi connectivity index (χ4n) is 2.17. The van der Waals surface area contributed by atoms with Crippen molar-refractivity contribution in [2.24, 2.45) is 0 Å². The molecule has 0 N–H and O–H groups in total. The van der Waals surface area contributed by atoms with Crippen molar-refractivity contribution in [2.75, 3.05) is 18.2 Å². The van der Waals surface area contributed by atoms with E-state index >= 15 is 0 Å². The lowest BCUT2D eigenvalue weighted by Crippen LogP contribution is -2.41. The van der Waals surface area contributed by atoms with Crippen LogP contribution in [0.3, 0.4) is 0 Å². The Morgan fingerprint density at radius 3 is 2.95 bits per heavy atom. The van der Waals surface area contributed by atoms with Gasteiger partial charge in [-0.15, -0.1) is 11.8 Å². The van der Waals surface area contributed by atoms with Crippen LogP contribution in [0.1, 0.15) is 18.6 Å². The fraction of sp³-hybridized carbons (Fsp3) is 0.538. The van der Waals surface area contributed by atoms with Crippen LogP contribution in [0, 0.1) is 0 Å². The van der Waals surface area contributed by atoms with Crippen LogP contribution in [0.25, 0.3) is 0 Å². The molecule has 0 radical (unpaired) electrons. The molecule has 6 heteroatoms. The Morgan fingerprint density at radius 2 is 2.37 bits per heavy atom. The highest BCUT2D eigenvalue weighted by Crippen LogP contribution is 2.29. The minimum atomic E-state index is 0.0229. The van der Waals surface area contributed by atoms with Crippen LogP contribution in [0.4, 0.5) is 0 Å². The summed E-state index contributed by atoms with van der Waals surface area (Å²) in [7, 11) is 0. The lowest BCUT2D eigenvalue weighted by Gasteiger charge is -2.24. The van der Waals surface area contributed by atoms with E-state index in [2.05, 4.69) is 0 Å². The summed E-state index contributed by atoms with van der Waals surface area (Å²) in [6.07, 6.45) is 3.72. The number of furan rings is 1. The van der Waals surface area contributed by atoms with E-state index in [0.717, 1.165) is 18.6 Å². The summed E-state index contributed by atoms with van der Waals surface area (Å²) < 4.78 is 5.30. The molecule has 2 aliphatic rings. The normalized spacial score (nSPS) is 18.9. The second kappa shape index (κ2) is 5.28. The van der Waals surface area contributed by atoms with Gasteiger partial charge in [0.1, 0.15) is 12.3 Å². The molecule has 1 saturated carbocycles. The quantitative estimate of drug-likeness (QED) is 0.816. The molecule has 1 aromatic rings. The summed E-state index contributed by atoms with van der Waals surface area (Å²) >= 11 is 1.56. The zero-order valence-corrected chi connectivity index (χ0v) is 11.4. The SMILES string of the molecule is O=C1CSCN1CC(=O)N(Cc1ccco1)C1CC1. The van der Waals surface area contributed by atoms with Crippen LogP contribution >= 0.6 is 11.8 Å². The summed E-state index contributed by atoms with van der Waals surface area (Å²) in [6, 6.07) is 4.02. The van der Waals surface area contributed by atoms with Crippen molar-refractivity contribution in [1.29, 1.82) is 0 Å². The minimum absolute atomic E-state index is 0.0229. The maximum Gasteiger partial charge on any atom is 0.242 e. The van der Waals surface area contributed by atoms with Crippen molar-refractivity contribution in [3.05, 3.63) is 24.2 Å². The van der Waals surface area contributed by atoms with Crippen LogP contribution in [-0.4, -0.2) is 45.8 Å². The number of rotatable bonds is 5. The number of thioether (sulfide) groups is 1. The van der Waals surface area contributed by atoms with Gasteiger partial charge in [-0.05, 0) is 25.0 Å². The summed E-state index contributed by atoms with van der Waals surface area (Å²) in [6.45, 7) is 0.703. The van der Waals surface area contributed by atoms with Gasteiger partial charge in [-0.25, -0.2) is 0 Å². The van der Waals surface area contributed by atoms with Crippen molar-refractivity contribution in [2.45, 2.75) is 25.4 Å². The number of hydrogen-bond acceptors (Lipinski definition) is 4. The standard InChI is InChI=1S/C13H16N2O3S/c16-12(7-14-9-19-8-13(14)17)15(10-3-4-10)6-11-2-1-5-18-11/h1-2,5,10H,3-4,6-9H2. The average Bonchev–Trinajstić information content (AvgIpc) is 2.95. The van der Waals surface area contributed by atoms with E-state index in [0.29, 0.717) is 24.2 Å². The molecule has 0 aromatic carbocycles. The summed E-state index contributed by atoms with van der Waals surface area (Å²) in [4.78, 5) is 27.4. The van der Waals surface area contributed by atoms with E-state index in [-0.39, 0.29) is 18.4 Å². The third-order valence-corrected chi connectivity index (χ3v) is 4.31. The van der Waals surface area contributed by atoms with Gasteiger partial charge in [-0.3, -0.25) is 9.59 Å². The zero-order chi connectivity index (χ0) is 13.2. The molecule has 0 bridgehead atoms. The summed E-state index contributed by atoms with van der Waals surface area (Å²) in [5.74, 6) is 2.00. The van der Waals surface area contributed by atoms with E-state index in [1.165, 1.54) is 0 Å². The minimum Gasteiger partial charge on any atom is -0.467 e. The monoisotopic (exact) mass is 280 g/mol. The molecule has 0 atom stereocenters. The Labute approximate surface area is 115 Å². The van der Waals surface area contributed by atoms with Crippen LogP contribution < -0.4 is 0 Å². The molecule has 1 aliphatic carbocycles. The maximum atomic E-state index is 12.3. The molecule has 2 amide bonds. The highest BCUT2D eigenvalue weighted by Gasteiger charge is 2.34. The highest BCUT2D eigenvalue weighted by atomic mass is 32.2. The number of amides is 2. The van der Waals surface area contributed by atoms with Crippen molar-refractivity contribution in [3.8, 4) is 0 Å². The fourth-order valence-corrected chi connectivity index (χ4v) is 3.08. The molecular weight excluding hydrogens is 264 g/mol. The molecule has 2 heterocycles. The van der Waals surface area contributed by atoms with E-state index in [1.807, 2.05) is 17.0 Å². The maximum absolute atomic E-state index is 12.3. The molecule has 1 saturated heterocycles. The van der Waals surface area contributed by atoms with E-state index < -0.39 is 0 Å². The molecule has 0 unspecified atom stereocenters. The van der Waals surface area contributed by atoms with Gasteiger partial charge in [0.25, 0.3) is 0 Å². The van der Waals surface area contributed by atoms with Gasteiger partial charge in [0.05, 0.1) is 24.4 Å².